The normalized spacial score (nSPS) is 20.7. The van der Waals surface area contributed by atoms with Gasteiger partial charge in [-0.05, 0) is 19.1 Å². The van der Waals surface area contributed by atoms with Gasteiger partial charge in [0.2, 0.25) is 0 Å². The van der Waals surface area contributed by atoms with Crippen molar-refractivity contribution in [3.05, 3.63) is 35.9 Å². The van der Waals surface area contributed by atoms with E-state index in [1.165, 1.54) is 0 Å². The Kier molecular flexibility index (Phi) is 2.54. The average Bonchev–Trinajstić information content (AvgIpc) is 2.60. The van der Waals surface area contributed by atoms with E-state index in [4.69, 9.17) is 0 Å². The highest BCUT2D eigenvalue weighted by atomic mass is 16.2. The molecular weight excluding hydrogens is 190 g/mol. The number of likely N-dealkylation sites (tertiary alicyclic amines) is 1. The van der Waals surface area contributed by atoms with Crippen molar-refractivity contribution in [1.29, 1.82) is 0 Å². The molecule has 0 N–H and O–H groups in total. The SMILES string of the molecule is CC1C(=O)CCN1C(=O)c1ccccc1. The Morgan fingerprint density at radius 1 is 1.33 bits per heavy atom. The molecule has 3 nitrogen and oxygen atoms in total. The molecule has 0 spiro atoms. The summed E-state index contributed by atoms with van der Waals surface area (Å²) in [4.78, 5) is 24.9. The maximum Gasteiger partial charge on any atom is 0.254 e. The molecule has 0 aliphatic carbocycles. The third-order valence-corrected chi connectivity index (χ3v) is 2.81. The van der Waals surface area contributed by atoms with Gasteiger partial charge in [0, 0.05) is 18.5 Å². The second-order valence-electron chi connectivity index (χ2n) is 3.76. The van der Waals surface area contributed by atoms with Crippen LogP contribution in [0.5, 0.6) is 0 Å². The van der Waals surface area contributed by atoms with Gasteiger partial charge in [-0.15, -0.1) is 0 Å². The van der Waals surface area contributed by atoms with E-state index in [1.807, 2.05) is 18.2 Å². The fourth-order valence-electron chi connectivity index (χ4n) is 1.83. The van der Waals surface area contributed by atoms with Crippen LogP contribution in [0.1, 0.15) is 23.7 Å². The van der Waals surface area contributed by atoms with Crippen LogP contribution < -0.4 is 0 Å². The number of ketones is 1. The quantitative estimate of drug-likeness (QED) is 0.693. The first-order valence-corrected chi connectivity index (χ1v) is 5.09. The molecule has 0 bridgehead atoms. The molecule has 1 aromatic rings. The first-order valence-electron chi connectivity index (χ1n) is 5.09. The molecule has 0 radical (unpaired) electrons. The number of Topliss-reactive ketones (excluding diaryl/α,β-unsaturated/α-hetero) is 1. The minimum absolute atomic E-state index is 0.0473. The first-order chi connectivity index (χ1) is 7.20. The lowest BCUT2D eigenvalue weighted by Gasteiger charge is -2.19. The maximum atomic E-state index is 12.0. The van der Waals surface area contributed by atoms with E-state index in [-0.39, 0.29) is 17.7 Å². The van der Waals surface area contributed by atoms with Crippen LogP contribution in [0.15, 0.2) is 30.3 Å². The zero-order valence-corrected chi connectivity index (χ0v) is 8.64. The molecule has 15 heavy (non-hydrogen) atoms. The predicted octanol–water partition coefficient (Wildman–Crippen LogP) is 1.49. The van der Waals surface area contributed by atoms with Crippen LogP contribution in [0.3, 0.4) is 0 Å². The number of nitrogens with zero attached hydrogens (tertiary/aromatic N) is 1. The van der Waals surface area contributed by atoms with Crippen molar-refractivity contribution in [2.75, 3.05) is 6.54 Å². The van der Waals surface area contributed by atoms with Crippen molar-refractivity contribution in [3.63, 3.8) is 0 Å². The molecule has 1 atom stereocenters. The van der Waals surface area contributed by atoms with Crippen LogP contribution in [0.2, 0.25) is 0 Å². The topological polar surface area (TPSA) is 37.4 Å². The molecule has 1 heterocycles. The molecule has 1 unspecified atom stereocenters. The highest BCUT2D eigenvalue weighted by molar-refractivity contribution is 5.99. The van der Waals surface area contributed by atoms with Gasteiger partial charge in [-0.2, -0.15) is 0 Å². The number of hydrogen-bond donors (Lipinski definition) is 0. The smallest absolute Gasteiger partial charge is 0.254 e. The van der Waals surface area contributed by atoms with Crippen molar-refractivity contribution in [1.82, 2.24) is 4.90 Å². The molecular formula is C12H13NO2. The summed E-state index contributed by atoms with van der Waals surface area (Å²) < 4.78 is 0. The van der Waals surface area contributed by atoms with Gasteiger partial charge in [0.25, 0.3) is 5.91 Å². The van der Waals surface area contributed by atoms with E-state index < -0.39 is 0 Å². The molecule has 1 aliphatic heterocycles. The lowest BCUT2D eigenvalue weighted by molar-refractivity contribution is -0.119. The second kappa shape index (κ2) is 3.85. The average molecular weight is 203 g/mol. The summed E-state index contributed by atoms with van der Waals surface area (Å²) in [6, 6.07) is 8.81. The largest absolute Gasteiger partial charge is 0.328 e. The van der Waals surface area contributed by atoms with Gasteiger partial charge < -0.3 is 4.90 Å². The predicted molar refractivity (Wildman–Crippen MR) is 56.6 cm³/mol. The Bertz CT molecular complexity index is 386. The van der Waals surface area contributed by atoms with Crippen molar-refractivity contribution in [3.8, 4) is 0 Å². The second-order valence-corrected chi connectivity index (χ2v) is 3.76. The number of benzene rings is 1. The minimum Gasteiger partial charge on any atom is -0.328 e. The van der Waals surface area contributed by atoms with Crippen LogP contribution in [0.25, 0.3) is 0 Å². The lowest BCUT2D eigenvalue weighted by atomic mass is 10.2. The summed E-state index contributed by atoms with van der Waals surface area (Å²) in [5.41, 5.74) is 0.652. The van der Waals surface area contributed by atoms with Gasteiger partial charge in [0.05, 0.1) is 6.04 Å². The van der Waals surface area contributed by atoms with Gasteiger partial charge >= 0.3 is 0 Å². The third kappa shape index (κ3) is 1.77. The standard InChI is InChI=1S/C12H13NO2/c1-9-11(14)7-8-13(9)12(15)10-5-3-2-4-6-10/h2-6,9H,7-8H2,1H3. The van der Waals surface area contributed by atoms with Crippen molar-refractivity contribution >= 4 is 11.7 Å². The van der Waals surface area contributed by atoms with E-state index in [9.17, 15) is 9.59 Å². The molecule has 2 rings (SSSR count). The number of hydrogen-bond acceptors (Lipinski definition) is 2. The fourth-order valence-corrected chi connectivity index (χ4v) is 1.83. The Labute approximate surface area is 88.7 Å². The molecule has 0 saturated carbocycles. The Morgan fingerprint density at radius 3 is 2.53 bits per heavy atom. The van der Waals surface area contributed by atoms with Crippen LogP contribution in [-0.2, 0) is 4.79 Å². The summed E-state index contributed by atoms with van der Waals surface area (Å²) in [6.07, 6.45) is 0.486. The highest BCUT2D eigenvalue weighted by Gasteiger charge is 2.32. The summed E-state index contributed by atoms with van der Waals surface area (Å²) in [5.74, 6) is 0.105. The van der Waals surface area contributed by atoms with E-state index in [2.05, 4.69) is 0 Å². The Hall–Kier alpha value is -1.64. The summed E-state index contributed by atoms with van der Waals surface area (Å²) in [6.45, 7) is 2.34. The highest BCUT2D eigenvalue weighted by Crippen LogP contribution is 2.16. The molecule has 3 heteroatoms. The van der Waals surface area contributed by atoms with Gasteiger partial charge in [-0.25, -0.2) is 0 Å². The van der Waals surface area contributed by atoms with E-state index in [0.29, 0.717) is 18.5 Å². The fraction of sp³-hybridized carbons (Fsp3) is 0.333. The number of carbonyl (C=O) groups is 2. The molecule has 1 aromatic carbocycles. The van der Waals surface area contributed by atoms with Crippen LogP contribution >= 0.6 is 0 Å². The van der Waals surface area contributed by atoms with Crippen molar-refractivity contribution < 1.29 is 9.59 Å². The molecule has 0 aromatic heterocycles. The van der Waals surface area contributed by atoms with Gasteiger partial charge in [-0.3, -0.25) is 9.59 Å². The zero-order valence-electron chi connectivity index (χ0n) is 8.64. The van der Waals surface area contributed by atoms with Crippen LogP contribution in [0, 0.1) is 0 Å². The van der Waals surface area contributed by atoms with E-state index >= 15 is 0 Å². The van der Waals surface area contributed by atoms with Gasteiger partial charge in [0.15, 0.2) is 5.78 Å². The maximum absolute atomic E-state index is 12.0. The van der Waals surface area contributed by atoms with Crippen molar-refractivity contribution in [2.45, 2.75) is 19.4 Å². The zero-order chi connectivity index (χ0) is 10.8. The number of carbonyl (C=O) groups excluding carboxylic acids is 2. The third-order valence-electron chi connectivity index (χ3n) is 2.81. The Morgan fingerprint density at radius 2 is 2.00 bits per heavy atom. The molecule has 78 valence electrons. The number of amides is 1. The minimum atomic E-state index is -0.266. The molecule has 1 amide bonds. The summed E-state index contributed by atoms with van der Waals surface area (Å²) in [7, 11) is 0. The van der Waals surface area contributed by atoms with Gasteiger partial charge in [-0.1, -0.05) is 18.2 Å². The molecule has 1 saturated heterocycles. The van der Waals surface area contributed by atoms with Crippen LogP contribution in [-0.4, -0.2) is 29.2 Å². The number of rotatable bonds is 1. The molecule has 1 aliphatic rings. The van der Waals surface area contributed by atoms with Gasteiger partial charge in [0.1, 0.15) is 0 Å². The first kappa shape index (κ1) is 9.90. The summed E-state index contributed by atoms with van der Waals surface area (Å²) >= 11 is 0. The lowest BCUT2D eigenvalue weighted by Crippen LogP contribution is -2.35. The van der Waals surface area contributed by atoms with Crippen molar-refractivity contribution in [2.24, 2.45) is 0 Å². The van der Waals surface area contributed by atoms with E-state index in [0.717, 1.165) is 0 Å². The van der Waals surface area contributed by atoms with Crippen LogP contribution in [0.4, 0.5) is 0 Å². The molecule has 1 fully saturated rings. The summed E-state index contributed by atoms with van der Waals surface area (Å²) in [5, 5.41) is 0. The Balaban J connectivity index is 2.19. The monoisotopic (exact) mass is 203 g/mol. The van der Waals surface area contributed by atoms with E-state index in [1.54, 1.807) is 24.0 Å².